The maximum atomic E-state index is 11.6. The first-order valence-corrected chi connectivity index (χ1v) is 5.63. The summed E-state index contributed by atoms with van der Waals surface area (Å²) in [7, 11) is 0. The van der Waals surface area contributed by atoms with E-state index in [1.165, 1.54) is 0 Å². The Morgan fingerprint density at radius 1 is 1.75 bits per heavy atom. The van der Waals surface area contributed by atoms with Crippen LogP contribution in [0.1, 0.15) is 24.3 Å². The first kappa shape index (κ1) is 11.1. The second-order valence-electron chi connectivity index (χ2n) is 4.27. The van der Waals surface area contributed by atoms with Crippen molar-refractivity contribution in [3.05, 3.63) is 17.5 Å². The van der Waals surface area contributed by atoms with E-state index < -0.39 is 0 Å². The molecule has 1 amide bonds. The van der Waals surface area contributed by atoms with Gasteiger partial charge in [0.05, 0.1) is 6.54 Å². The van der Waals surface area contributed by atoms with Crippen LogP contribution in [0.2, 0.25) is 0 Å². The Bertz CT molecular complexity index is 356. The number of amides is 1. The van der Waals surface area contributed by atoms with E-state index in [0.29, 0.717) is 18.9 Å². The summed E-state index contributed by atoms with van der Waals surface area (Å²) in [5, 5.41) is 9.91. The monoisotopic (exact) mass is 223 g/mol. The molecule has 0 saturated carbocycles. The summed E-state index contributed by atoms with van der Waals surface area (Å²) in [6.07, 6.45) is 1.69. The normalized spacial score (nSPS) is 19.9. The van der Waals surface area contributed by atoms with Crippen molar-refractivity contribution < 1.29 is 9.32 Å². The summed E-state index contributed by atoms with van der Waals surface area (Å²) < 4.78 is 4.92. The van der Waals surface area contributed by atoms with E-state index in [1.807, 2.05) is 13.0 Å². The molecule has 0 bridgehead atoms. The summed E-state index contributed by atoms with van der Waals surface area (Å²) >= 11 is 0. The number of aryl methyl sites for hydroxylation is 1. The summed E-state index contributed by atoms with van der Waals surface area (Å²) in [5.41, 5.74) is 0.774. The fourth-order valence-electron chi connectivity index (χ4n) is 1.91. The molecule has 1 aliphatic rings. The van der Waals surface area contributed by atoms with Gasteiger partial charge in [0.1, 0.15) is 11.5 Å². The fourth-order valence-corrected chi connectivity index (χ4v) is 1.91. The molecular weight excluding hydrogens is 206 g/mol. The van der Waals surface area contributed by atoms with Gasteiger partial charge in [-0.05, 0) is 32.4 Å². The van der Waals surface area contributed by atoms with Crippen molar-refractivity contribution in [2.75, 3.05) is 13.1 Å². The molecule has 0 aliphatic carbocycles. The lowest BCUT2D eigenvalue weighted by Gasteiger charge is -2.07. The summed E-state index contributed by atoms with van der Waals surface area (Å²) in [6.45, 7) is 4.27. The second-order valence-corrected chi connectivity index (χ2v) is 4.27. The summed E-state index contributed by atoms with van der Waals surface area (Å²) in [5.74, 6) is 1.35. The molecule has 88 valence electrons. The van der Waals surface area contributed by atoms with E-state index in [1.54, 1.807) is 0 Å². The largest absolute Gasteiger partial charge is 0.361 e. The molecule has 1 fully saturated rings. The Hall–Kier alpha value is -1.36. The molecule has 2 heterocycles. The number of carbonyl (C=O) groups is 1. The number of aromatic nitrogens is 1. The van der Waals surface area contributed by atoms with Crippen LogP contribution in [0.5, 0.6) is 0 Å². The molecule has 2 rings (SSSR count). The summed E-state index contributed by atoms with van der Waals surface area (Å²) in [6, 6.07) is 1.83. The number of nitrogens with zero attached hydrogens (tertiary/aromatic N) is 1. The average molecular weight is 223 g/mol. The van der Waals surface area contributed by atoms with Crippen LogP contribution in [0.3, 0.4) is 0 Å². The number of carbonyl (C=O) groups excluding carboxylic acids is 1. The van der Waals surface area contributed by atoms with Gasteiger partial charge in [-0.3, -0.25) is 4.79 Å². The molecule has 1 atom stereocenters. The summed E-state index contributed by atoms with van der Waals surface area (Å²) in [4.78, 5) is 11.6. The molecule has 1 aliphatic heterocycles. The molecule has 1 aromatic heterocycles. The molecular formula is C11H17N3O2. The van der Waals surface area contributed by atoms with Gasteiger partial charge in [-0.1, -0.05) is 5.16 Å². The third-order valence-corrected chi connectivity index (χ3v) is 2.78. The van der Waals surface area contributed by atoms with E-state index in [2.05, 4.69) is 15.8 Å². The lowest BCUT2D eigenvalue weighted by atomic mass is 10.0. The van der Waals surface area contributed by atoms with Crippen molar-refractivity contribution in [1.82, 2.24) is 15.8 Å². The lowest BCUT2D eigenvalue weighted by molar-refractivity contribution is -0.122. The van der Waals surface area contributed by atoms with Crippen LogP contribution < -0.4 is 10.6 Å². The molecule has 1 unspecified atom stereocenters. The molecule has 2 N–H and O–H groups in total. The van der Waals surface area contributed by atoms with Crippen LogP contribution in [0.4, 0.5) is 0 Å². The molecule has 1 saturated heterocycles. The van der Waals surface area contributed by atoms with Crippen molar-refractivity contribution in [2.24, 2.45) is 5.92 Å². The first-order chi connectivity index (χ1) is 7.74. The molecule has 1 aromatic rings. The second kappa shape index (κ2) is 5.12. The van der Waals surface area contributed by atoms with Gasteiger partial charge >= 0.3 is 0 Å². The highest BCUT2D eigenvalue weighted by Gasteiger charge is 2.17. The van der Waals surface area contributed by atoms with Crippen molar-refractivity contribution >= 4 is 5.91 Å². The molecule has 0 radical (unpaired) electrons. The van der Waals surface area contributed by atoms with Gasteiger partial charge in [0.2, 0.25) is 5.91 Å². The van der Waals surface area contributed by atoms with Gasteiger partial charge in [-0.2, -0.15) is 0 Å². The predicted octanol–water partition coefficient (Wildman–Crippen LogP) is 0.599. The Kier molecular flexibility index (Phi) is 3.56. The molecule has 5 heteroatoms. The van der Waals surface area contributed by atoms with Gasteiger partial charge in [0.25, 0.3) is 0 Å². The highest BCUT2D eigenvalue weighted by Crippen LogP contribution is 2.11. The Morgan fingerprint density at radius 3 is 3.25 bits per heavy atom. The van der Waals surface area contributed by atoms with Gasteiger partial charge in [0, 0.05) is 12.5 Å². The third-order valence-electron chi connectivity index (χ3n) is 2.78. The molecule has 0 aromatic carbocycles. The van der Waals surface area contributed by atoms with Gasteiger partial charge in [-0.15, -0.1) is 0 Å². The van der Waals surface area contributed by atoms with Crippen LogP contribution >= 0.6 is 0 Å². The van der Waals surface area contributed by atoms with Crippen molar-refractivity contribution in [3.63, 3.8) is 0 Å². The quantitative estimate of drug-likeness (QED) is 0.784. The molecule has 5 nitrogen and oxygen atoms in total. The van der Waals surface area contributed by atoms with Crippen LogP contribution in [0.25, 0.3) is 0 Å². The van der Waals surface area contributed by atoms with E-state index in [9.17, 15) is 4.79 Å². The van der Waals surface area contributed by atoms with Gasteiger partial charge < -0.3 is 15.2 Å². The first-order valence-electron chi connectivity index (χ1n) is 5.63. The topological polar surface area (TPSA) is 67.2 Å². The minimum atomic E-state index is 0.0920. The van der Waals surface area contributed by atoms with Gasteiger partial charge in [-0.25, -0.2) is 0 Å². The highest BCUT2D eigenvalue weighted by atomic mass is 16.5. The van der Waals surface area contributed by atoms with Crippen molar-refractivity contribution in [1.29, 1.82) is 0 Å². The maximum absolute atomic E-state index is 11.6. The van der Waals surface area contributed by atoms with E-state index >= 15 is 0 Å². The predicted molar refractivity (Wildman–Crippen MR) is 58.7 cm³/mol. The lowest BCUT2D eigenvalue weighted by Crippen LogP contribution is -2.25. The standard InChI is InChI=1S/C11H17N3O2/c1-8-4-10(14-16-8)7-13-11(15)5-9-2-3-12-6-9/h4,9,12H,2-3,5-7H2,1H3,(H,13,15). The number of rotatable bonds is 4. The Balaban J connectivity index is 1.71. The highest BCUT2D eigenvalue weighted by molar-refractivity contribution is 5.76. The number of hydrogen-bond donors (Lipinski definition) is 2. The Labute approximate surface area is 94.6 Å². The molecule has 16 heavy (non-hydrogen) atoms. The van der Waals surface area contributed by atoms with Crippen molar-refractivity contribution in [3.8, 4) is 0 Å². The number of hydrogen-bond acceptors (Lipinski definition) is 4. The van der Waals surface area contributed by atoms with Crippen LogP contribution in [0, 0.1) is 12.8 Å². The SMILES string of the molecule is Cc1cc(CNC(=O)CC2CCNC2)no1. The zero-order valence-corrected chi connectivity index (χ0v) is 9.45. The third kappa shape index (κ3) is 3.06. The number of nitrogens with one attached hydrogen (secondary N) is 2. The van der Waals surface area contributed by atoms with E-state index in [-0.39, 0.29) is 5.91 Å². The van der Waals surface area contributed by atoms with E-state index in [0.717, 1.165) is 31.0 Å². The minimum absolute atomic E-state index is 0.0920. The fraction of sp³-hybridized carbons (Fsp3) is 0.636. The Morgan fingerprint density at radius 2 is 2.62 bits per heavy atom. The average Bonchev–Trinajstić information content (AvgIpc) is 2.87. The maximum Gasteiger partial charge on any atom is 0.220 e. The van der Waals surface area contributed by atoms with Crippen LogP contribution in [-0.2, 0) is 11.3 Å². The van der Waals surface area contributed by atoms with Gasteiger partial charge in [0.15, 0.2) is 0 Å². The smallest absolute Gasteiger partial charge is 0.220 e. The van der Waals surface area contributed by atoms with Crippen LogP contribution in [0.15, 0.2) is 10.6 Å². The zero-order chi connectivity index (χ0) is 11.4. The van der Waals surface area contributed by atoms with E-state index in [4.69, 9.17) is 4.52 Å². The van der Waals surface area contributed by atoms with Crippen molar-refractivity contribution in [2.45, 2.75) is 26.3 Å². The molecule has 0 spiro atoms. The van der Waals surface area contributed by atoms with Crippen LogP contribution in [-0.4, -0.2) is 24.2 Å². The zero-order valence-electron chi connectivity index (χ0n) is 9.45. The minimum Gasteiger partial charge on any atom is -0.361 e.